The van der Waals surface area contributed by atoms with Crippen LogP contribution in [0.5, 0.6) is 0 Å². The number of nitrogens with one attached hydrogen (secondary N) is 2. The van der Waals surface area contributed by atoms with Crippen LogP contribution < -0.4 is 5.32 Å². The first-order valence-electron chi connectivity index (χ1n) is 5.92. The minimum Gasteiger partial charge on any atom is -0.357 e. The fourth-order valence-electron chi connectivity index (χ4n) is 2.15. The maximum atomic E-state index is 12.0. The Labute approximate surface area is 110 Å². The summed E-state index contributed by atoms with van der Waals surface area (Å²) in [5, 5.41) is 3.79. The van der Waals surface area contributed by atoms with Gasteiger partial charge in [0, 0.05) is 11.2 Å². The quantitative estimate of drug-likeness (QED) is 0.875. The lowest BCUT2D eigenvalue weighted by Crippen LogP contribution is -2.35. The number of hydrogen-bond acceptors (Lipinski definition) is 1. The Kier molecular flexibility index (Phi) is 2.63. The standard InChI is InChI=1S/C14H13ClN2O/c15-11-4-1-3-10(9-11)14(6-7-14)17-13(18)12-5-2-8-16-12/h1-5,8-9,16H,6-7H2,(H,17,18). The predicted octanol–water partition coefficient (Wildman–Crippen LogP) is 3.09. The molecule has 1 aromatic heterocycles. The van der Waals surface area contributed by atoms with E-state index in [0.29, 0.717) is 10.7 Å². The largest absolute Gasteiger partial charge is 0.357 e. The lowest BCUT2D eigenvalue weighted by Gasteiger charge is -2.17. The fraction of sp³-hybridized carbons (Fsp3) is 0.214. The lowest BCUT2D eigenvalue weighted by atomic mass is 10.0. The second kappa shape index (κ2) is 4.18. The summed E-state index contributed by atoms with van der Waals surface area (Å²) in [6, 6.07) is 11.3. The van der Waals surface area contributed by atoms with Crippen LogP contribution in [0.1, 0.15) is 28.9 Å². The van der Waals surface area contributed by atoms with Crippen LogP contribution in [0.25, 0.3) is 0 Å². The maximum Gasteiger partial charge on any atom is 0.268 e. The number of aromatic amines is 1. The number of amides is 1. The Hall–Kier alpha value is -1.74. The van der Waals surface area contributed by atoms with Gasteiger partial charge in [-0.3, -0.25) is 4.79 Å². The number of H-pyrrole nitrogens is 1. The lowest BCUT2D eigenvalue weighted by molar-refractivity contribution is 0.0926. The molecular weight excluding hydrogens is 248 g/mol. The highest BCUT2D eigenvalue weighted by atomic mass is 35.5. The van der Waals surface area contributed by atoms with Crippen molar-refractivity contribution in [1.82, 2.24) is 10.3 Å². The molecular formula is C14H13ClN2O. The molecule has 1 saturated carbocycles. The van der Waals surface area contributed by atoms with Gasteiger partial charge < -0.3 is 10.3 Å². The van der Waals surface area contributed by atoms with Crippen molar-refractivity contribution in [2.45, 2.75) is 18.4 Å². The molecule has 2 N–H and O–H groups in total. The summed E-state index contributed by atoms with van der Waals surface area (Å²) >= 11 is 6.00. The second-order valence-corrected chi connectivity index (χ2v) is 5.07. The number of hydrogen-bond donors (Lipinski definition) is 2. The van der Waals surface area contributed by atoms with Crippen LogP contribution in [0.15, 0.2) is 42.6 Å². The summed E-state index contributed by atoms with van der Waals surface area (Å²) in [6.07, 6.45) is 3.66. The first-order chi connectivity index (χ1) is 8.70. The van der Waals surface area contributed by atoms with Crippen molar-refractivity contribution in [2.24, 2.45) is 0 Å². The van der Waals surface area contributed by atoms with Crippen LogP contribution in [0.3, 0.4) is 0 Å². The van der Waals surface area contributed by atoms with Crippen molar-refractivity contribution >= 4 is 17.5 Å². The summed E-state index contributed by atoms with van der Waals surface area (Å²) < 4.78 is 0. The Morgan fingerprint density at radius 3 is 2.72 bits per heavy atom. The molecule has 0 radical (unpaired) electrons. The zero-order valence-electron chi connectivity index (χ0n) is 9.74. The minimum atomic E-state index is -0.229. The van der Waals surface area contributed by atoms with Crippen molar-refractivity contribution in [3.63, 3.8) is 0 Å². The van der Waals surface area contributed by atoms with Gasteiger partial charge in [0.25, 0.3) is 5.91 Å². The smallest absolute Gasteiger partial charge is 0.268 e. The van der Waals surface area contributed by atoms with Crippen LogP contribution in [-0.2, 0) is 5.54 Å². The van der Waals surface area contributed by atoms with Gasteiger partial charge in [-0.05, 0) is 42.7 Å². The van der Waals surface area contributed by atoms with E-state index in [-0.39, 0.29) is 11.4 Å². The molecule has 0 atom stereocenters. The molecule has 18 heavy (non-hydrogen) atoms. The van der Waals surface area contributed by atoms with E-state index in [1.165, 1.54) is 0 Å². The summed E-state index contributed by atoms with van der Waals surface area (Å²) in [7, 11) is 0. The first-order valence-corrected chi connectivity index (χ1v) is 6.29. The molecule has 1 amide bonds. The molecule has 4 heteroatoms. The van der Waals surface area contributed by atoms with Crippen LogP contribution in [-0.4, -0.2) is 10.9 Å². The van der Waals surface area contributed by atoms with Gasteiger partial charge in [-0.2, -0.15) is 0 Å². The van der Waals surface area contributed by atoms with Crippen molar-refractivity contribution in [1.29, 1.82) is 0 Å². The molecule has 1 aliphatic rings. The first kappa shape index (κ1) is 11.4. The Balaban J connectivity index is 1.82. The van der Waals surface area contributed by atoms with Crippen LogP contribution in [0.4, 0.5) is 0 Å². The SMILES string of the molecule is O=C(NC1(c2cccc(Cl)c2)CC1)c1ccc[nH]1. The summed E-state index contributed by atoms with van der Waals surface area (Å²) in [5.74, 6) is -0.0718. The van der Waals surface area contributed by atoms with Crippen molar-refractivity contribution in [2.75, 3.05) is 0 Å². The molecule has 0 saturated heterocycles. The third-order valence-corrected chi connectivity index (χ3v) is 3.56. The van der Waals surface area contributed by atoms with Crippen LogP contribution in [0.2, 0.25) is 5.02 Å². The molecule has 3 nitrogen and oxygen atoms in total. The van der Waals surface area contributed by atoms with E-state index in [9.17, 15) is 4.79 Å². The molecule has 3 rings (SSSR count). The molecule has 1 heterocycles. The zero-order chi connectivity index (χ0) is 12.6. The topological polar surface area (TPSA) is 44.9 Å². The Morgan fingerprint density at radius 2 is 2.11 bits per heavy atom. The van der Waals surface area contributed by atoms with Crippen LogP contribution in [0, 0.1) is 0 Å². The van der Waals surface area contributed by atoms with Gasteiger partial charge in [-0.25, -0.2) is 0 Å². The molecule has 1 aromatic carbocycles. The number of aromatic nitrogens is 1. The van der Waals surface area contributed by atoms with E-state index in [1.54, 1.807) is 12.3 Å². The number of benzene rings is 1. The molecule has 1 aliphatic carbocycles. The summed E-state index contributed by atoms with van der Waals surface area (Å²) in [6.45, 7) is 0. The minimum absolute atomic E-state index is 0.0718. The van der Waals surface area contributed by atoms with E-state index in [2.05, 4.69) is 10.3 Å². The van der Waals surface area contributed by atoms with Gasteiger partial charge in [-0.15, -0.1) is 0 Å². The van der Waals surface area contributed by atoms with Gasteiger partial charge >= 0.3 is 0 Å². The molecule has 0 spiro atoms. The normalized spacial score (nSPS) is 16.3. The van der Waals surface area contributed by atoms with Gasteiger partial charge in [0.2, 0.25) is 0 Å². The molecule has 0 unspecified atom stereocenters. The van der Waals surface area contributed by atoms with Crippen molar-refractivity contribution in [3.05, 3.63) is 58.9 Å². The zero-order valence-corrected chi connectivity index (χ0v) is 10.5. The molecule has 2 aromatic rings. The van der Waals surface area contributed by atoms with Gasteiger partial charge in [0.05, 0.1) is 5.54 Å². The predicted molar refractivity (Wildman–Crippen MR) is 70.6 cm³/mol. The monoisotopic (exact) mass is 260 g/mol. The van der Waals surface area contributed by atoms with Gasteiger partial charge in [-0.1, -0.05) is 23.7 Å². The molecule has 0 aliphatic heterocycles. The molecule has 92 valence electrons. The third-order valence-electron chi connectivity index (χ3n) is 3.32. The number of carbonyl (C=O) groups is 1. The Bertz CT molecular complexity index is 573. The fourth-order valence-corrected chi connectivity index (χ4v) is 2.34. The number of carbonyl (C=O) groups excluding carboxylic acids is 1. The van der Waals surface area contributed by atoms with E-state index in [1.807, 2.05) is 30.3 Å². The van der Waals surface area contributed by atoms with E-state index >= 15 is 0 Å². The van der Waals surface area contributed by atoms with Crippen molar-refractivity contribution < 1.29 is 4.79 Å². The second-order valence-electron chi connectivity index (χ2n) is 4.63. The summed E-state index contributed by atoms with van der Waals surface area (Å²) in [5.41, 5.74) is 1.44. The van der Waals surface area contributed by atoms with E-state index in [4.69, 9.17) is 11.6 Å². The average Bonchev–Trinajstić information content (AvgIpc) is 2.93. The third kappa shape index (κ3) is 2.02. The summed E-state index contributed by atoms with van der Waals surface area (Å²) in [4.78, 5) is 15.0. The van der Waals surface area contributed by atoms with E-state index in [0.717, 1.165) is 18.4 Å². The number of halogens is 1. The highest BCUT2D eigenvalue weighted by Gasteiger charge is 2.45. The van der Waals surface area contributed by atoms with Crippen molar-refractivity contribution in [3.8, 4) is 0 Å². The highest BCUT2D eigenvalue weighted by Crippen LogP contribution is 2.46. The van der Waals surface area contributed by atoms with E-state index < -0.39 is 0 Å². The maximum absolute atomic E-state index is 12.0. The molecule has 0 bridgehead atoms. The average molecular weight is 261 g/mol. The number of rotatable bonds is 3. The van der Waals surface area contributed by atoms with Gasteiger partial charge in [0.1, 0.15) is 5.69 Å². The van der Waals surface area contributed by atoms with Crippen LogP contribution >= 0.6 is 11.6 Å². The highest BCUT2D eigenvalue weighted by molar-refractivity contribution is 6.30. The Morgan fingerprint density at radius 1 is 1.28 bits per heavy atom. The van der Waals surface area contributed by atoms with Gasteiger partial charge in [0.15, 0.2) is 0 Å². The molecule has 1 fully saturated rings.